The standard InChI is InChI=1S/C29H42O4/c1-16-15-29(16)12-7-11-26(4)21(29)10-13-27(5)20-9-8-19-17(2)32-25(31)24(19)28(20,6)23(14-22(26)27)33-18(3)30/h16-17,20-23H,7-15H2,1-6H3/t16-,17-,20-,21+,22+,23-,26-,27-,28+,29-/m0/s1. The maximum absolute atomic E-state index is 13.2. The highest BCUT2D eigenvalue weighted by atomic mass is 16.6. The van der Waals surface area contributed by atoms with E-state index in [1.807, 2.05) is 6.92 Å². The highest BCUT2D eigenvalue weighted by Gasteiger charge is 2.72. The second-order valence-corrected chi connectivity index (χ2v) is 13.5. The molecule has 4 heteroatoms. The molecule has 4 fully saturated rings. The van der Waals surface area contributed by atoms with E-state index >= 15 is 0 Å². The van der Waals surface area contributed by atoms with E-state index in [4.69, 9.17) is 9.47 Å². The molecule has 0 unspecified atom stereocenters. The first-order chi connectivity index (χ1) is 15.5. The Morgan fingerprint density at radius 1 is 1.00 bits per heavy atom. The number of hydrogen-bond donors (Lipinski definition) is 0. The molecule has 1 aliphatic heterocycles. The number of carbonyl (C=O) groups is 2. The summed E-state index contributed by atoms with van der Waals surface area (Å²) in [7, 11) is 0. The van der Waals surface area contributed by atoms with Gasteiger partial charge in [0, 0.05) is 17.9 Å². The summed E-state index contributed by atoms with van der Waals surface area (Å²) < 4.78 is 11.9. The molecular formula is C29H42O4. The van der Waals surface area contributed by atoms with Crippen LogP contribution in [-0.4, -0.2) is 24.1 Å². The molecule has 0 aromatic carbocycles. The van der Waals surface area contributed by atoms with E-state index in [2.05, 4.69) is 27.7 Å². The normalized spacial score (nSPS) is 54.7. The first-order valence-electron chi connectivity index (χ1n) is 13.6. The second kappa shape index (κ2) is 6.66. The van der Waals surface area contributed by atoms with Crippen LogP contribution in [0.25, 0.3) is 0 Å². The van der Waals surface area contributed by atoms with Crippen LogP contribution in [0.2, 0.25) is 0 Å². The average Bonchev–Trinajstić information content (AvgIpc) is 3.25. The van der Waals surface area contributed by atoms with Crippen LogP contribution in [0.1, 0.15) is 99.3 Å². The molecule has 0 N–H and O–H groups in total. The molecule has 0 saturated heterocycles. The molecule has 10 atom stereocenters. The summed E-state index contributed by atoms with van der Waals surface area (Å²) in [4.78, 5) is 25.5. The van der Waals surface area contributed by atoms with Crippen molar-refractivity contribution < 1.29 is 19.1 Å². The van der Waals surface area contributed by atoms with Gasteiger partial charge in [0.05, 0.1) is 0 Å². The minimum atomic E-state index is -0.450. The number of fused-ring (bicyclic) bond motifs is 7. The van der Waals surface area contributed by atoms with Gasteiger partial charge in [0.2, 0.25) is 0 Å². The molecule has 33 heavy (non-hydrogen) atoms. The lowest BCUT2D eigenvalue weighted by molar-refractivity contribution is -0.221. The third-order valence-corrected chi connectivity index (χ3v) is 12.4. The monoisotopic (exact) mass is 454 g/mol. The van der Waals surface area contributed by atoms with Gasteiger partial charge in [-0.1, -0.05) is 34.1 Å². The van der Waals surface area contributed by atoms with Crippen molar-refractivity contribution in [3.8, 4) is 0 Å². The highest BCUT2D eigenvalue weighted by Crippen LogP contribution is 2.78. The number of rotatable bonds is 1. The molecule has 0 aromatic rings. The van der Waals surface area contributed by atoms with E-state index in [9.17, 15) is 9.59 Å². The molecule has 1 spiro atoms. The van der Waals surface area contributed by atoms with Crippen LogP contribution < -0.4 is 0 Å². The summed E-state index contributed by atoms with van der Waals surface area (Å²) in [6.45, 7) is 13.4. The molecule has 5 aliphatic carbocycles. The molecule has 182 valence electrons. The predicted molar refractivity (Wildman–Crippen MR) is 126 cm³/mol. The van der Waals surface area contributed by atoms with Crippen molar-refractivity contribution in [1.29, 1.82) is 0 Å². The number of cyclic esters (lactones) is 1. The van der Waals surface area contributed by atoms with E-state index in [1.165, 1.54) is 51.0 Å². The van der Waals surface area contributed by atoms with Crippen molar-refractivity contribution in [2.75, 3.05) is 0 Å². The Morgan fingerprint density at radius 2 is 1.70 bits per heavy atom. The van der Waals surface area contributed by atoms with Crippen molar-refractivity contribution in [2.45, 2.75) is 112 Å². The minimum absolute atomic E-state index is 0.142. The first-order valence-corrected chi connectivity index (χ1v) is 13.6. The molecule has 1 heterocycles. The van der Waals surface area contributed by atoms with Gasteiger partial charge in [-0.2, -0.15) is 0 Å². The molecule has 0 radical (unpaired) electrons. The van der Waals surface area contributed by atoms with E-state index in [1.54, 1.807) is 0 Å². The fraction of sp³-hybridized carbons (Fsp3) is 0.862. The van der Waals surface area contributed by atoms with Crippen molar-refractivity contribution in [2.24, 2.45) is 45.3 Å². The molecule has 6 rings (SSSR count). The second-order valence-electron chi connectivity index (χ2n) is 13.5. The van der Waals surface area contributed by atoms with E-state index < -0.39 is 5.41 Å². The third kappa shape index (κ3) is 2.59. The quantitative estimate of drug-likeness (QED) is 0.441. The van der Waals surface area contributed by atoms with Gasteiger partial charge in [-0.3, -0.25) is 4.79 Å². The van der Waals surface area contributed by atoms with Crippen LogP contribution >= 0.6 is 0 Å². The van der Waals surface area contributed by atoms with Crippen molar-refractivity contribution in [3.63, 3.8) is 0 Å². The molecule has 0 amide bonds. The van der Waals surface area contributed by atoms with Crippen molar-refractivity contribution in [1.82, 2.24) is 0 Å². The largest absolute Gasteiger partial charge is 0.462 e. The SMILES string of the molecule is CC(=O)O[C@H]1C[C@@H]2[C@@]3(C)CCC[C@@]4(C[C@@H]4C)[C@@H]3CC[C@@]2(C)[C@@H]2CCC3=C(C(=O)O[C@H]3C)[C@@]12C. The van der Waals surface area contributed by atoms with Gasteiger partial charge in [0.25, 0.3) is 0 Å². The zero-order valence-corrected chi connectivity index (χ0v) is 21.5. The highest BCUT2D eigenvalue weighted by molar-refractivity contribution is 5.94. The van der Waals surface area contributed by atoms with Crippen LogP contribution in [0.5, 0.6) is 0 Å². The fourth-order valence-electron chi connectivity index (χ4n) is 11.0. The van der Waals surface area contributed by atoms with Gasteiger partial charge in [-0.25, -0.2) is 4.79 Å². The van der Waals surface area contributed by atoms with Gasteiger partial charge < -0.3 is 9.47 Å². The Bertz CT molecular complexity index is 951. The zero-order chi connectivity index (χ0) is 23.6. The fourth-order valence-corrected chi connectivity index (χ4v) is 11.0. The average molecular weight is 455 g/mol. The van der Waals surface area contributed by atoms with Crippen LogP contribution in [-0.2, 0) is 19.1 Å². The Hall–Kier alpha value is -1.32. The number of ether oxygens (including phenoxy) is 2. The Morgan fingerprint density at radius 3 is 2.36 bits per heavy atom. The number of carbonyl (C=O) groups excluding carboxylic acids is 2. The van der Waals surface area contributed by atoms with Gasteiger partial charge in [0.1, 0.15) is 12.2 Å². The lowest BCUT2D eigenvalue weighted by Gasteiger charge is -2.69. The molecule has 0 bridgehead atoms. The lowest BCUT2D eigenvalue weighted by Crippen LogP contribution is -2.65. The van der Waals surface area contributed by atoms with Crippen molar-refractivity contribution >= 4 is 11.9 Å². The van der Waals surface area contributed by atoms with Crippen LogP contribution in [0.15, 0.2) is 11.1 Å². The summed E-state index contributed by atoms with van der Waals surface area (Å²) in [6, 6.07) is 0. The van der Waals surface area contributed by atoms with E-state index in [0.29, 0.717) is 22.7 Å². The van der Waals surface area contributed by atoms with Crippen LogP contribution in [0.3, 0.4) is 0 Å². The van der Waals surface area contributed by atoms with E-state index in [0.717, 1.165) is 36.7 Å². The lowest BCUT2D eigenvalue weighted by atomic mass is 9.35. The molecule has 4 nitrogen and oxygen atoms in total. The van der Waals surface area contributed by atoms with Gasteiger partial charge in [-0.15, -0.1) is 0 Å². The summed E-state index contributed by atoms with van der Waals surface area (Å²) in [5.74, 6) is 2.16. The summed E-state index contributed by atoms with van der Waals surface area (Å²) in [5.41, 5.74) is 2.61. The van der Waals surface area contributed by atoms with E-state index in [-0.39, 0.29) is 29.6 Å². The molecule has 0 aromatic heterocycles. The first kappa shape index (κ1) is 22.2. The van der Waals surface area contributed by atoms with Gasteiger partial charge in [-0.05, 0) is 104 Å². The topological polar surface area (TPSA) is 52.6 Å². The van der Waals surface area contributed by atoms with Crippen molar-refractivity contribution in [3.05, 3.63) is 11.1 Å². The molecule has 4 saturated carbocycles. The maximum atomic E-state index is 13.2. The Labute approximate surface area is 199 Å². The predicted octanol–water partition coefficient (Wildman–Crippen LogP) is 6.23. The smallest absolute Gasteiger partial charge is 0.335 e. The van der Waals surface area contributed by atoms with Crippen LogP contribution in [0, 0.1) is 45.3 Å². The van der Waals surface area contributed by atoms with Crippen LogP contribution in [0.4, 0.5) is 0 Å². The number of hydrogen-bond acceptors (Lipinski definition) is 4. The zero-order valence-electron chi connectivity index (χ0n) is 21.5. The summed E-state index contributed by atoms with van der Waals surface area (Å²) in [5, 5.41) is 0. The summed E-state index contributed by atoms with van der Waals surface area (Å²) in [6.07, 6.45) is 10.5. The Balaban J connectivity index is 1.47. The Kier molecular flexibility index (Phi) is 4.48. The molecular weight excluding hydrogens is 412 g/mol. The third-order valence-electron chi connectivity index (χ3n) is 12.4. The van der Waals surface area contributed by atoms with Gasteiger partial charge in [0.15, 0.2) is 0 Å². The minimum Gasteiger partial charge on any atom is -0.462 e. The summed E-state index contributed by atoms with van der Waals surface area (Å²) >= 11 is 0. The maximum Gasteiger partial charge on any atom is 0.335 e. The number of esters is 2. The van der Waals surface area contributed by atoms with Gasteiger partial charge >= 0.3 is 11.9 Å². The molecule has 6 aliphatic rings.